The van der Waals surface area contributed by atoms with Crippen LogP contribution in [-0.2, 0) is 6.54 Å². The molecule has 18 heavy (non-hydrogen) atoms. The molecule has 2 heterocycles. The molecule has 0 aliphatic rings. The van der Waals surface area contributed by atoms with Gasteiger partial charge in [0.2, 0.25) is 0 Å². The summed E-state index contributed by atoms with van der Waals surface area (Å²) in [6, 6.07) is 5.28. The van der Waals surface area contributed by atoms with Crippen molar-refractivity contribution in [3.05, 3.63) is 44.3 Å². The van der Waals surface area contributed by atoms with Gasteiger partial charge in [0.25, 0.3) is 0 Å². The number of nitrogens with one attached hydrogen (secondary N) is 1. The molecule has 0 saturated heterocycles. The molecule has 0 aliphatic carbocycles. The lowest BCUT2D eigenvalue weighted by molar-refractivity contribution is 0.0702. The van der Waals surface area contributed by atoms with E-state index < -0.39 is 12.1 Å². The van der Waals surface area contributed by atoms with Gasteiger partial charge in [0.1, 0.15) is 4.88 Å². The number of aliphatic hydroxyl groups excluding tert-OH is 1. The van der Waals surface area contributed by atoms with Gasteiger partial charge in [0.05, 0.1) is 6.10 Å². The second kappa shape index (κ2) is 6.10. The highest BCUT2D eigenvalue weighted by molar-refractivity contribution is 7.13. The molecule has 4 nitrogen and oxygen atoms in total. The van der Waals surface area contributed by atoms with Crippen LogP contribution in [0.4, 0.5) is 0 Å². The van der Waals surface area contributed by atoms with E-state index in [-0.39, 0.29) is 0 Å². The summed E-state index contributed by atoms with van der Waals surface area (Å²) in [6.45, 7) is 1.02. The third-order valence-corrected chi connectivity index (χ3v) is 4.21. The lowest BCUT2D eigenvalue weighted by Crippen LogP contribution is -2.20. The zero-order valence-corrected chi connectivity index (χ0v) is 11.1. The summed E-state index contributed by atoms with van der Waals surface area (Å²) in [5.74, 6) is -0.899. The average molecular weight is 283 g/mol. The monoisotopic (exact) mass is 283 g/mol. The SMILES string of the molecule is O=C(O)c1ccc(CNCC(O)c2ccsc2)s1. The van der Waals surface area contributed by atoms with Gasteiger partial charge in [0.15, 0.2) is 0 Å². The molecule has 0 spiro atoms. The number of hydrogen-bond acceptors (Lipinski definition) is 5. The van der Waals surface area contributed by atoms with Crippen molar-refractivity contribution < 1.29 is 15.0 Å². The molecular formula is C12H13NO3S2. The number of carboxylic acids is 1. The Kier molecular flexibility index (Phi) is 4.48. The molecule has 96 valence electrons. The van der Waals surface area contributed by atoms with E-state index in [0.29, 0.717) is 18.0 Å². The van der Waals surface area contributed by atoms with Gasteiger partial charge in [0, 0.05) is 18.0 Å². The maximum Gasteiger partial charge on any atom is 0.345 e. The molecule has 2 aromatic rings. The van der Waals surface area contributed by atoms with Crippen LogP contribution in [0.25, 0.3) is 0 Å². The maximum atomic E-state index is 10.7. The molecule has 0 aliphatic heterocycles. The zero-order chi connectivity index (χ0) is 13.0. The molecule has 0 fully saturated rings. The largest absolute Gasteiger partial charge is 0.477 e. The molecule has 0 aromatic carbocycles. The molecule has 3 N–H and O–H groups in total. The first-order chi connectivity index (χ1) is 8.66. The molecule has 6 heteroatoms. The number of hydrogen-bond donors (Lipinski definition) is 3. The van der Waals surface area contributed by atoms with Crippen molar-refractivity contribution in [3.63, 3.8) is 0 Å². The minimum Gasteiger partial charge on any atom is -0.477 e. The predicted octanol–water partition coefficient (Wildman–Crippen LogP) is 2.33. The second-order valence-electron chi connectivity index (χ2n) is 3.77. The Hall–Kier alpha value is -1.21. The Bertz CT molecular complexity index is 507. The predicted molar refractivity (Wildman–Crippen MR) is 72.3 cm³/mol. The van der Waals surface area contributed by atoms with Crippen molar-refractivity contribution in [2.24, 2.45) is 0 Å². The van der Waals surface area contributed by atoms with Gasteiger partial charge in [-0.25, -0.2) is 4.79 Å². The van der Waals surface area contributed by atoms with Crippen molar-refractivity contribution >= 4 is 28.6 Å². The van der Waals surface area contributed by atoms with E-state index in [0.717, 1.165) is 10.4 Å². The van der Waals surface area contributed by atoms with Gasteiger partial charge in [-0.2, -0.15) is 11.3 Å². The van der Waals surface area contributed by atoms with E-state index >= 15 is 0 Å². The molecule has 0 saturated carbocycles. The molecule has 2 aromatic heterocycles. The third-order valence-electron chi connectivity index (χ3n) is 2.44. The Balaban J connectivity index is 1.79. The van der Waals surface area contributed by atoms with Crippen molar-refractivity contribution in [2.45, 2.75) is 12.6 Å². The maximum absolute atomic E-state index is 10.7. The number of thiophene rings is 2. The summed E-state index contributed by atoms with van der Waals surface area (Å²) in [6.07, 6.45) is -0.518. The van der Waals surface area contributed by atoms with E-state index in [9.17, 15) is 9.90 Å². The summed E-state index contributed by atoms with van der Waals surface area (Å²) < 4.78 is 0. The first-order valence-corrected chi connectivity index (χ1v) is 7.15. The fraction of sp³-hybridized carbons (Fsp3) is 0.250. The van der Waals surface area contributed by atoms with Gasteiger partial charge < -0.3 is 15.5 Å². The second-order valence-corrected chi connectivity index (χ2v) is 5.72. The molecule has 0 bridgehead atoms. The van der Waals surface area contributed by atoms with Crippen LogP contribution in [0.2, 0.25) is 0 Å². The zero-order valence-electron chi connectivity index (χ0n) is 9.50. The number of aliphatic hydroxyl groups is 1. The van der Waals surface area contributed by atoms with E-state index in [1.165, 1.54) is 11.3 Å². The topological polar surface area (TPSA) is 69.6 Å². The van der Waals surface area contributed by atoms with Crippen LogP contribution in [0.15, 0.2) is 29.0 Å². The fourth-order valence-electron chi connectivity index (χ4n) is 1.50. The highest BCUT2D eigenvalue weighted by atomic mass is 32.1. The van der Waals surface area contributed by atoms with Crippen molar-refractivity contribution in [1.29, 1.82) is 0 Å². The van der Waals surface area contributed by atoms with Gasteiger partial charge in [-0.15, -0.1) is 11.3 Å². The van der Waals surface area contributed by atoms with Crippen LogP contribution in [0.5, 0.6) is 0 Å². The Labute approximate surface area is 113 Å². The summed E-state index contributed by atoms with van der Waals surface area (Å²) in [7, 11) is 0. The van der Waals surface area contributed by atoms with Gasteiger partial charge in [-0.3, -0.25) is 0 Å². The van der Waals surface area contributed by atoms with Gasteiger partial charge in [-0.05, 0) is 34.5 Å². The summed E-state index contributed by atoms with van der Waals surface area (Å²) >= 11 is 2.80. The van der Waals surface area contributed by atoms with E-state index in [4.69, 9.17) is 5.11 Å². The van der Waals surface area contributed by atoms with Crippen molar-refractivity contribution in [1.82, 2.24) is 5.32 Å². The highest BCUT2D eigenvalue weighted by Crippen LogP contribution is 2.17. The molecule has 0 amide bonds. The third kappa shape index (κ3) is 3.39. The van der Waals surface area contributed by atoms with Crippen LogP contribution in [-0.4, -0.2) is 22.7 Å². The lowest BCUT2D eigenvalue weighted by Gasteiger charge is -2.09. The molecule has 1 atom stereocenters. The molecule has 0 radical (unpaired) electrons. The molecule has 2 rings (SSSR count). The Morgan fingerprint density at radius 3 is 2.83 bits per heavy atom. The number of carbonyl (C=O) groups is 1. The normalized spacial score (nSPS) is 12.5. The summed E-state index contributed by atoms with van der Waals surface area (Å²) in [5, 5.41) is 25.6. The van der Waals surface area contributed by atoms with Crippen LogP contribution in [0.1, 0.15) is 26.2 Å². The van der Waals surface area contributed by atoms with Crippen molar-refractivity contribution in [3.8, 4) is 0 Å². The van der Waals surface area contributed by atoms with Crippen LogP contribution in [0, 0.1) is 0 Å². The van der Waals surface area contributed by atoms with Gasteiger partial charge in [-0.1, -0.05) is 0 Å². The lowest BCUT2D eigenvalue weighted by atomic mass is 10.2. The Morgan fingerprint density at radius 1 is 1.39 bits per heavy atom. The minimum atomic E-state index is -0.899. The minimum absolute atomic E-state index is 0.338. The van der Waals surface area contributed by atoms with Crippen molar-refractivity contribution in [2.75, 3.05) is 6.54 Å². The van der Waals surface area contributed by atoms with E-state index in [1.54, 1.807) is 23.5 Å². The molecule has 1 unspecified atom stereocenters. The van der Waals surface area contributed by atoms with Crippen LogP contribution >= 0.6 is 22.7 Å². The first-order valence-electron chi connectivity index (χ1n) is 5.39. The molecular weight excluding hydrogens is 270 g/mol. The number of carboxylic acid groups (broad SMARTS) is 1. The summed E-state index contributed by atoms with van der Waals surface area (Å²) in [4.78, 5) is 12.0. The smallest absolute Gasteiger partial charge is 0.345 e. The van der Waals surface area contributed by atoms with E-state index in [2.05, 4.69) is 5.32 Å². The quantitative estimate of drug-likeness (QED) is 0.761. The standard InChI is InChI=1S/C12H13NO3S2/c14-10(8-3-4-17-7-8)6-13-5-9-1-2-11(18-9)12(15)16/h1-4,7,10,13-14H,5-6H2,(H,15,16). The fourth-order valence-corrected chi connectivity index (χ4v) is 3.03. The average Bonchev–Trinajstić information content (AvgIpc) is 3.00. The summed E-state index contributed by atoms with van der Waals surface area (Å²) in [5.41, 5.74) is 0.907. The Morgan fingerprint density at radius 2 is 2.22 bits per heavy atom. The first kappa shape index (κ1) is 13.2. The highest BCUT2D eigenvalue weighted by Gasteiger charge is 2.09. The van der Waals surface area contributed by atoms with Gasteiger partial charge >= 0.3 is 5.97 Å². The van der Waals surface area contributed by atoms with Crippen LogP contribution < -0.4 is 5.32 Å². The van der Waals surface area contributed by atoms with Crippen LogP contribution in [0.3, 0.4) is 0 Å². The number of rotatable bonds is 6. The number of aromatic carboxylic acids is 1. The van der Waals surface area contributed by atoms with E-state index in [1.807, 2.05) is 16.8 Å².